The third-order valence-corrected chi connectivity index (χ3v) is 5.53. The molecule has 0 aliphatic carbocycles. The van der Waals surface area contributed by atoms with E-state index in [9.17, 15) is 22.8 Å². The summed E-state index contributed by atoms with van der Waals surface area (Å²) in [7, 11) is -3.94. The Morgan fingerprint density at radius 3 is 2.44 bits per heavy atom. The molecule has 0 fully saturated rings. The molecule has 1 aromatic heterocycles. The van der Waals surface area contributed by atoms with E-state index in [-0.39, 0.29) is 17.0 Å². The lowest BCUT2D eigenvalue weighted by atomic mass is 10.1. The highest BCUT2D eigenvalue weighted by Crippen LogP contribution is 2.18. The van der Waals surface area contributed by atoms with Gasteiger partial charge in [0.1, 0.15) is 5.76 Å². The van der Waals surface area contributed by atoms with E-state index in [0.717, 1.165) is 0 Å². The lowest BCUT2D eigenvalue weighted by Gasteiger charge is -2.21. The Morgan fingerprint density at radius 2 is 1.84 bits per heavy atom. The van der Waals surface area contributed by atoms with Crippen molar-refractivity contribution in [2.24, 2.45) is 0 Å². The van der Waals surface area contributed by atoms with Crippen molar-refractivity contribution >= 4 is 27.9 Å². The number of furan rings is 1. The van der Waals surface area contributed by atoms with Crippen molar-refractivity contribution in [2.75, 3.05) is 0 Å². The van der Waals surface area contributed by atoms with Gasteiger partial charge in [-0.3, -0.25) is 10.1 Å². The van der Waals surface area contributed by atoms with Crippen LogP contribution in [0.15, 0.2) is 45.9 Å². The lowest BCUT2D eigenvalue weighted by molar-refractivity contribution is -0.127. The molecule has 0 spiro atoms. The highest BCUT2D eigenvalue weighted by atomic mass is 32.2. The summed E-state index contributed by atoms with van der Waals surface area (Å²) in [6.45, 7) is 8.08. The Kier molecular flexibility index (Phi) is 7.81. The minimum atomic E-state index is -3.94. The molecule has 3 amide bonds. The molecule has 1 aromatic carbocycles. The highest BCUT2D eigenvalue weighted by molar-refractivity contribution is 7.89. The SMILES string of the molecule is Cc1ccc(S(=O)(=O)NCc2ccco2)cc1C(=O)OC(C)C(=O)NC(=O)NC(C)(C)C. The van der Waals surface area contributed by atoms with Crippen LogP contribution in [0.4, 0.5) is 4.79 Å². The van der Waals surface area contributed by atoms with Crippen molar-refractivity contribution < 1.29 is 32.0 Å². The molecule has 0 aliphatic heterocycles. The van der Waals surface area contributed by atoms with Crippen LogP contribution in [0.1, 0.15) is 49.4 Å². The largest absolute Gasteiger partial charge is 0.468 e. The summed E-state index contributed by atoms with van der Waals surface area (Å²) in [6, 6.07) is 6.50. The molecule has 32 heavy (non-hydrogen) atoms. The first-order valence-corrected chi connectivity index (χ1v) is 11.2. The Bertz CT molecular complexity index is 1090. The van der Waals surface area contributed by atoms with Crippen LogP contribution in [-0.2, 0) is 26.1 Å². The minimum absolute atomic E-state index is 0.0235. The summed E-state index contributed by atoms with van der Waals surface area (Å²) >= 11 is 0. The number of urea groups is 1. The van der Waals surface area contributed by atoms with Gasteiger partial charge in [-0.05, 0) is 64.4 Å². The second-order valence-electron chi connectivity index (χ2n) is 8.12. The minimum Gasteiger partial charge on any atom is -0.468 e. The molecule has 0 radical (unpaired) electrons. The number of sulfonamides is 1. The maximum Gasteiger partial charge on any atom is 0.339 e. The van der Waals surface area contributed by atoms with Gasteiger partial charge in [-0.1, -0.05) is 6.07 Å². The van der Waals surface area contributed by atoms with Gasteiger partial charge in [0, 0.05) is 5.54 Å². The molecule has 2 aromatic rings. The number of nitrogens with one attached hydrogen (secondary N) is 3. The third kappa shape index (κ3) is 7.20. The van der Waals surface area contributed by atoms with Crippen molar-refractivity contribution in [2.45, 2.75) is 57.7 Å². The quantitative estimate of drug-likeness (QED) is 0.532. The number of aryl methyl sites for hydroxylation is 1. The number of amides is 3. The second-order valence-corrected chi connectivity index (χ2v) is 9.89. The zero-order valence-electron chi connectivity index (χ0n) is 18.5. The fraction of sp³-hybridized carbons (Fsp3) is 0.381. The van der Waals surface area contributed by atoms with Crippen LogP contribution >= 0.6 is 0 Å². The van der Waals surface area contributed by atoms with Gasteiger partial charge in [-0.15, -0.1) is 0 Å². The van der Waals surface area contributed by atoms with E-state index in [1.165, 1.54) is 31.4 Å². The van der Waals surface area contributed by atoms with E-state index < -0.39 is 39.6 Å². The summed E-state index contributed by atoms with van der Waals surface area (Å²) in [6.07, 6.45) is 0.137. The Morgan fingerprint density at radius 1 is 1.16 bits per heavy atom. The molecule has 10 nitrogen and oxygen atoms in total. The zero-order valence-corrected chi connectivity index (χ0v) is 19.3. The smallest absolute Gasteiger partial charge is 0.339 e. The van der Waals surface area contributed by atoms with Crippen LogP contribution < -0.4 is 15.4 Å². The van der Waals surface area contributed by atoms with Gasteiger partial charge in [0.25, 0.3) is 5.91 Å². The molecule has 11 heteroatoms. The summed E-state index contributed by atoms with van der Waals surface area (Å²) in [5, 5.41) is 4.65. The van der Waals surface area contributed by atoms with Crippen LogP contribution in [0.3, 0.4) is 0 Å². The third-order valence-electron chi connectivity index (χ3n) is 4.13. The normalized spacial score (nSPS) is 12.7. The maximum atomic E-state index is 12.6. The van der Waals surface area contributed by atoms with Crippen molar-refractivity contribution in [3.63, 3.8) is 0 Å². The number of rotatable bonds is 7. The summed E-state index contributed by atoms with van der Waals surface area (Å²) < 4.78 is 37.7. The van der Waals surface area contributed by atoms with Crippen LogP contribution in [0.25, 0.3) is 0 Å². The number of esters is 1. The number of hydrogen-bond acceptors (Lipinski definition) is 7. The topological polar surface area (TPSA) is 144 Å². The average molecular weight is 466 g/mol. The molecule has 1 heterocycles. The number of benzene rings is 1. The Hall–Kier alpha value is -3.18. The molecule has 0 bridgehead atoms. The van der Waals surface area contributed by atoms with Crippen LogP contribution in [0, 0.1) is 6.92 Å². The molecular weight excluding hydrogens is 438 g/mol. The number of carbonyl (C=O) groups excluding carboxylic acids is 3. The Balaban J connectivity index is 2.08. The second kappa shape index (κ2) is 9.96. The van der Waals surface area contributed by atoms with Gasteiger partial charge < -0.3 is 14.5 Å². The van der Waals surface area contributed by atoms with Crippen molar-refractivity contribution in [1.29, 1.82) is 0 Å². The maximum absolute atomic E-state index is 12.6. The summed E-state index contributed by atoms with van der Waals surface area (Å²) in [5.41, 5.74) is -0.124. The summed E-state index contributed by atoms with van der Waals surface area (Å²) in [4.78, 5) is 36.4. The first-order chi connectivity index (χ1) is 14.8. The molecule has 0 aliphatic rings. The number of imide groups is 1. The lowest BCUT2D eigenvalue weighted by Crippen LogP contribution is -2.50. The van der Waals surface area contributed by atoms with E-state index in [2.05, 4.69) is 15.4 Å². The zero-order chi connectivity index (χ0) is 24.1. The van der Waals surface area contributed by atoms with Crippen molar-refractivity contribution in [3.05, 3.63) is 53.5 Å². The molecule has 1 unspecified atom stereocenters. The van der Waals surface area contributed by atoms with E-state index in [0.29, 0.717) is 11.3 Å². The van der Waals surface area contributed by atoms with Gasteiger partial charge in [-0.2, -0.15) is 0 Å². The first kappa shape index (κ1) is 25.1. The highest BCUT2D eigenvalue weighted by Gasteiger charge is 2.25. The molecular formula is C21H27N3O7S. The Labute approximate surface area is 186 Å². The molecule has 3 N–H and O–H groups in total. The van der Waals surface area contributed by atoms with E-state index >= 15 is 0 Å². The fourth-order valence-electron chi connectivity index (χ4n) is 2.51. The number of ether oxygens (including phenoxy) is 1. The number of carbonyl (C=O) groups is 3. The molecule has 1 atom stereocenters. The number of hydrogen-bond donors (Lipinski definition) is 3. The van der Waals surface area contributed by atoms with Gasteiger partial charge in [0.05, 0.1) is 23.3 Å². The van der Waals surface area contributed by atoms with Crippen molar-refractivity contribution in [1.82, 2.24) is 15.4 Å². The summed E-state index contributed by atoms with van der Waals surface area (Å²) in [5.74, 6) is -1.29. The first-order valence-electron chi connectivity index (χ1n) is 9.75. The molecule has 2 rings (SSSR count). The van der Waals surface area contributed by atoms with E-state index in [1.54, 1.807) is 39.8 Å². The molecule has 0 saturated carbocycles. The monoisotopic (exact) mass is 465 g/mol. The predicted octanol–water partition coefficient (Wildman–Crippen LogP) is 2.24. The van der Waals surface area contributed by atoms with Gasteiger partial charge in [0.15, 0.2) is 6.10 Å². The molecule has 0 saturated heterocycles. The molecule has 174 valence electrons. The van der Waals surface area contributed by atoms with E-state index in [1.807, 2.05) is 0 Å². The standard InChI is InChI=1S/C21H27N3O7S/c1-13-8-9-16(32(28,29)22-12-15-7-6-10-30-15)11-17(13)19(26)31-14(2)18(25)23-20(27)24-21(3,4)5/h6-11,14,22H,12H2,1-5H3,(H2,23,24,25,27). The van der Waals surface area contributed by atoms with Gasteiger partial charge >= 0.3 is 12.0 Å². The van der Waals surface area contributed by atoms with Crippen LogP contribution in [-0.4, -0.2) is 38.0 Å². The van der Waals surface area contributed by atoms with Gasteiger partial charge in [-0.25, -0.2) is 22.7 Å². The van der Waals surface area contributed by atoms with Crippen molar-refractivity contribution in [3.8, 4) is 0 Å². The van der Waals surface area contributed by atoms with Gasteiger partial charge in [0.2, 0.25) is 10.0 Å². The fourth-order valence-corrected chi connectivity index (χ4v) is 3.53. The van der Waals surface area contributed by atoms with Crippen LogP contribution in [0.5, 0.6) is 0 Å². The predicted molar refractivity (Wildman–Crippen MR) is 115 cm³/mol. The average Bonchev–Trinajstić information content (AvgIpc) is 3.18. The van der Waals surface area contributed by atoms with E-state index in [4.69, 9.17) is 9.15 Å². The van der Waals surface area contributed by atoms with Crippen LogP contribution in [0.2, 0.25) is 0 Å².